The summed E-state index contributed by atoms with van der Waals surface area (Å²) in [5.74, 6) is 0.433. The van der Waals surface area contributed by atoms with E-state index in [9.17, 15) is 0 Å². The van der Waals surface area contributed by atoms with Crippen molar-refractivity contribution in [3.05, 3.63) is 8.98 Å². The summed E-state index contributed by atoms with van der Waals surface area (Å²) in [6.07, 6.45) is 0. The van der Waals surface area contributed by atoms with E-state index in [-0.39, 0.29) is 5.28 Å². The second kappa shape index (κ2) is 6.76. The van der Waals surface area contributed by atoms with Crippen LogP contribution in [0, 0.1) is 3.70 Å². The summed E-state index contributed by atoms with van der Waals surface area (Å²) in [5.41, 5.74) is 0.629. The van der Waals surface area contributed by atoms with Crippen molar-refractivity contribution in [2.24, 2.45) is 0 Å². The molecule has 0 saturated heterocycles. The van der Waals surface area contributed by atoms with Crippen molar-refractivity contribution < 1.29 is 9.47 Å². The lowest BCUT2D eigenvalue weighted by Gasteiger charge is -2.15. The Balaban J connectivity index is 2.19. The Bertz CT molecular complexity index is 644. The normalized spacial score (nSPS) is 12.1. The second-order valence-corrected chi connectivity index (χ2v) is 12.8. The quantitative estimate of drug-likeness (QED) is 0.298. The first-order valence-electron chi connectivity index (χ1n) is 6.53. The molecule has 21 heavy (non-hydrogen) atoms. The summed E-state index contributed by atoms with van der Waals surface area (Å²) in [4.78, 5) is 8.29. The largest absolute Gasteiger partial charge is 0.480 e. The molecule has 0 aliphatic carbocycles. The van der Waals surface area contributed by atoms with Gasteiger partial charge in [-0.05, 0) is 40.2 Å². The highest BCUT2D eigenvalue weighted by molar-refractivity contribution is 14.1. The Morgan fingerprint density at radius 2 is 2.00 bits per heavy atom. The Morgan fingerprint density at radius 3 is 2.62 bits per heavy atom. The van der Waals surface area contributed by atoms with E-state index in [2.05, 4.69) is 57.3 Å². The van der Waals surface area contributed by atoms with Crippen molar-refractivity contribution in [1.82, 2.24) is 19.7 Å². The van der Waals surface area contributed by atoms with E-state index < -0.39 is 8.07 Å². The van der Waals surface area contributed by atoms with Gasteiger partial charge in [0.05, 0.1) is 7.11 Å². The van der Waals surface area contributed by atoms with E-state index >= 15 is 0 Å². The van der Waals surface area contributed by atoms with Crippen molar-refractivity contribution in [3.63, 3.8) is 0 Å². The molecule has 0 amide bonds. The Morgan fingerprint density at radius 1 is 1.29 bits per heavy atom. The fourth-order valence-corrected chi connectivity index (χ4v) is 3.39. The molecule has 116 valence electrons. The van der Waals surface area contributed by atoms with Crippen LogP contribution in [0.15, 0.2) is 0 Å². The van der Waals surface area contributed by atoms with Crippen LogP contribution in [0.5, 0.6) is 5.88 Å². The third-order valence-electron chi connectivity index (χ3n) is 2.89. The molecule has 0 atom stereocenters. The van der Waals surface area contributed by atoms with Gasteiger partial charge in [-0.2, -0.15) is 15.1 Å². The van der Waals surface area contributed by atoms with Gasteiger partial charge in [-0.1, -0.05) is 19.6 Å². The molecule has 2 aromatic rings. The number of rotatable bonds is 6. The molecule has 0 spiro atoms. The molecule has 0 saturated carbocycles. The van der Waals surface area contributed by atoms with Gasteiger partial charge in [0.2, 0.25) is 11.2 Å². The van der Waals surface area contributed by atoms with Crippen LogP contribution in [0.25, 0.3) is 11.0 Å². The highest BCUT2D eigenvalue weighted by Gasteiger charge is 2.18. The topological polar surface area (TPSA) is 62.1 Å². The standard InChI is InChI=1S/C12H18ClIN4O2Si/c1-19-11-8-9(14)17-18(10(8)15-12(13)16-11)7-20-5-6-21(2,3)4/h5-7H2,1-4H3. The molecule has 0 fully saturated rings. The minimum atomic E-state index is -1.09. The maximum Gasteiger partial charge on any atom is 0.229 e. The Labute approximate surface area is 143 Å². The van der Waals surface area contributed by atoms with Crippen LogP contribution in [0.2, 0.25) is 31.0 Å². The molecular formula is C12H18ClIN4O2Si. The number of ether oxygens (including phenoxy) is 2. The second-order valence-electron chi connectivity index (χ2n) is 5.84. The van der Waals surface area contributed by atoms with Crippen molar-refractivity contribution >= 4 is 53.3 Å². The summed E-state index contributed by atoms with van der Waals surface area (Å²) >= 11 is 8.05. The first-order chi connectivity index (χ1) is 9.81. The van der Waals surface area contributed by atoms with Gasteiger partial charge in [-0.3, -0.25) is 0 Å². The number of fused-ring (bicyclic) bond motifs is 1. The van der Waals surface area contributed by atoms with Gasteiger partial charge in [-0.15, -0.1) is 0 Å². The summed E-state index contributed by atoms with van der Waals surface area (Å²) in [6, 6.07) is 1.11. The number of nitrogens with zero attached hydrogens (tertiary/aromatic N) is 4. The first-order valence-corrected chi connectivity index (χ1v) is 11.7. The fourth-order valence-electron chi connectivity index (χ4n) is 1.74. The molecule has 0 radical (unpaired) electrons. The van der Waals surface area contributed by atoms with E-state index in [0.29, 0.717) is 18.3 Å². The average Bonchev–Trinajstić information content (AvgIpc) is 2.69. The summed E-state index contributed by atoms with van der Waals surface area (Å²) < 4.78 is 13.4. The van der Waals surface area contributed by atoms with Crippen LogP contribution in [0.1, 0.15) is 0 Å². The smallest absolute Gasteiger partial charge is 0.229 e. The molecule has 2 rings (SSSR count). The number of methoxy groups -OCH3 is 1. The van der Waals surface area contributed by atoms with Crippen molar-refractivity contribution in [1.29, 1.82) is 0 Å². The van der Waals surface area contributed by atoms with E-state index in [0.717, 1.165) is 21.7 Å². The van der Waals surface area contributed by atoms with Crippen molar-refractivity contribution in [2.45, 2.75) is 32.4 Å². The highest BCUT2D eigenvalue weighted by atomic mass is 127. The third kappa shape index (κ3) is 4.27. The zero-order valence-electron chi connectivity index (χ0n) is 12.5. The molecule has 0 aliphatic heterocycles. The van der Waals surface area contributed by atoms with Crippen LogP contribution in [0.4, 0.5) is 0 Å². The molecule has 2 aromatic heterocycles. The molecule has 0 unspecified atom stereocenters. The van der Waals surface area contributed by atoms with Gasteiger partial charge >= 0.3 is 0 Å². The number of hydrogen-bond donors (Lipinski definition) is 0. The van der Waals surface area contributed by atoms with E-state index in [1.165, 1.54) is 0 Å². The summed E-state index contributed by atoms with van der Waals surface area (Å²) in [5, 5.41) is 5.32. The van der Waals surface area contributed by atoms with Crippen molar-refractivity contribution in [3.8, 4) is 5.88 Å². The molecular weight excluding hydrogens is 423 g/mol. The number of hydrogen-bond acceptors (Lipinski definition) is 5. The molecule has 9 heteroatoms. The Hall–Kier alpha value is -0.453. The SMILES string of the molecule is COc1nc(Cl)nc2c1c(I)nn2COCC[Si](C)(C)C. The number of aromatic nitrogens is 4. The molecule has 0 aliphatic rings. The molecule has 2 heterocycles. The lowest BCUT2D eigenvalue weighted by Crippen LogP contribution is -2.22. The van der Waals surface area contributed by atoms with Crippen LogP contribution in [0.3, 0.4) is 0 Å². The maximum absolute atomic E-state index is 5.92. The predicted octanol–water partition coefficient (Wildman–Crippen LogP) is 3.41. The summed E-state index contributed by atoms with van der Waals surface area (Å²) in [6.45, 7) is 8.03. The monoisotopic (exact) mass is 440 g/mol. The third-order valence-corrected chi connectivity index (χ3v) is 5.52. The maximum atomic E-state index is 5.92. The average molecular weight is 441 g/mol. The van der Waals surface area contributed by atoms with E-state index in [4.69, 9.17) is 21.1 Å². The molecule has 6 nitrogen and oxygen atoms in total. The van der Waals surface area contributed by atoms with Gasteiger partial charge in [0.25, 0.3) is 0 Å². The van der Waals surface area contributed by atoms with Crippen LogP contribution in [-0.2, 0) is 11.5 Å². The summed E-state index contributed by atoms with van der Waals surface area (Å²) in [7, 11) is 0.461. The van der Waals surface area contributed by atoms with Gasteiger partial charge in [-0.25, -0.2) is 4.68 Å². The van der Waals surface area contributed by atoms with E-state index in [1.54, 1.807) is 11.8 Å². The van der Waals surface area contributed by atoms with Gasteiger partial charge in [0.1, 0.15) is 15.8 Å². The zero-order valence-corrected chi connectivity index (χ0v) is 16.4. The van der Waals surface area contributed by atoms with Crippen LogP contribution < -0.4 is 4.74 Å². The number of halogens is 2. The Kier molecular flexibility index (Phi) is 5.44. The first kappa shape index (κ1) is 16.9. The van der Waals surface area contributed by atoms with Crippen LogP contribution >= 0.6 is 34.2 Å². The predicted molar refractivity (Wildman–Crippen MR) is 93.7 cm³/mol. The minimum absolute atomic E-state index is 0.138. The van der Waals surface area contributed by atoms with Crippen LogP contribution in [-0.4, -0.2) is 41.5 Å². The zero-order chi connectivity index (χ0) is 15.6. The van der Waals surface area contributed by atoms with Gasteiger partial charge in [0.15, 0.2) is 5.65 Å². The fraction of sp³-hybridized carbons (Fsp3) is 0.583. The van der Waals surface area contributed by atoms with E-state index in [1.807, 2.05) is 0 Å². The lowest BCUT2D eigenvalue weighted by atomic mass is 10.4. The lowest BCUT2D eigenvalue weighted by molar-refractivity contribution is 0.0810. The van der Waals surface area contributed by atoms with Crippen molar-refractivity contribution in [2.75, 3.05) is 13.7 Å². The minimum Gasteiger partial charge on any atom is -0.480 e. The van der Waals surface area contributed by atoms with Gasteiger partial charge in [0, 0.05) is 14.7 Å². The molecule has 0 bridgehead atoms. The van der Waals surface area contributed by atoms with Gasteiger partial charge < -0.3 is 9.47 Å². The molecule has 0 N–H and O–H groups in total. The molecule has 0 aromatic carbocycles. The highest BCUT2D eigenvalue weighted by Crippen LogP contribution is 2.28.